The number of para-hydroxylation sites is 4. The average molecular weight is 958 g/mol. The maximum Gasteiger partial charge on any atom is 0.146 e. The summed E-state index contributed by atoms with van der Waals surface area (Å²) in [5.74, 6) is 0. The maximum atomic E-state index is 6.10. The Bertz CT molecular complexity index is 4430. The van der Waals surface area contributed by atoms with Gasteiger partial charge in [-0.1, -0.05) is 159 Å². The second-order valence-electron chi connectivity index (χ2n) is 23.7. The van der Waals surface area contributed by atoms with Crippen molar-refractivity contribution in [3.8, 4) is 0 Å². The van der Waals surface area contributed by atoms with Gasteiger partial charge in [-0.05, 0) is 141 Å². The normalized spacial score (nSPS) is 12.9. The molecule has 0 N–H and O–H groups in total. The van der Waals surface area contributed by atoms with Gasteiger partial charge >= 0.3 is 0 Å². The number of pyridine rings is 1. The van der Waals surface area contributed by atoms with Crippen LogP contribution in [0.5, 0.6) is 0 Å². The van der Waals surface area contributed by atoms with Crippen molar-refractivity contribution in [2.75, 3.05) is 9.80 Å². The molecule has 0 atom stereocenters. The van der Waals surface area contributed by atoms with Crippen LogP contribution in [0.15, 0.2) is 194 Å². The number of benzene rings is 9. The van der Waals surface area contributed by atoms with Crippen molar-refractivity contribution in [3.63, 3.8) is 0 Å². The van der Waals surface area contributed by atoms with Gasteiger partial charge in [-0.3, -0.25) is 4.40 Å². The Morgan fingerprint density at radius 1 is 0.338 bits per heavy atom. The summed E-state index contributed by atoms with van der Waals surface area (Å²) in [5.41, 5.74) is 18.0. The van der Waals surface area contributed by atoms with Crippen LogP contribution >= 0.6 is 0 Å². The Hall–Kier alpha value is -8.41. The molecule has 9 aromatic carbocycles. The van der Waals surface area contributed by atoms with E-state index in [1.54, 1.807) is 0 Å². The van der Waals surface area contributed by atoms with Gasteiger partial charge in [0.1, 0.15) is 5.65 Å². The lowest BCUT2D eigenvalue weighted by molar-refractivity contribution is 0.591. The molecule has 0 fully saturated rings. The molecule has 0 spiro atoms. The zero-order valence-electron chi connectivity index (χ0n) is 43.7. The number of hydrogen-bond donors (Lipinski definition) is 0. The van der Waals surface area contributed by atoms with Crippen molar-refractivity contribution in [2.45, 2.75) is 78.6 Å². The van der Waals surface area contributed by atoms with Crippen LogP contribution in [0.25, 0.3) is 87.2 Å². The summed E-state index contributed by atoms with van der Waals surface area (Å²) in [4.78, 5) is 11.0. The third-order valence-electron chi connectivity index (χ3n) is 15.9. The van der Waals surface area contributed by atoms with E-state index < -0.39 is 0 Å². The molecule has 0 aliphatic heterocycles. The van der Waals surface area contributed by atoms with Gasteiger partial charge < -0.3 is 14.2 Å². The third kappa shape index (κ3) is 6.45. The van der Waals surface area contributed by atoms with Gasteiger partial charge in [0.05, 0.1) is 44.5 Å². The van der Waals surface area contributed by atoms with E-state index in [-0.39, 0.29) is 16.2 Å². The highest BCUT2D eigenvalue weighted by molar-refractivity contribution is 6.34. The highest BCUT2D eigenvalue weighted by Gasteiger charge is 2.32. The van der Waals surface area contributed by atoms with Gasteiger partial charge in [0.2, 0.25) is 0 Å². The van der Waals surface area contributed by atoms with Crippen molar-refractivity contribution in [1.82, 2.24) is 13.8 Å². The number of nitrogens with zero attached hydrogens (tertiary/aromatic N) is 5. The topological polar surface area (TPSA) is 28.2 Å². The second kappa shape index (κ2) is 15.6. The van der Waals surface area contributed by atoms with E-state index in [2.05, 4.69) is 275 Å². The van der Waals surface area contributed by atoms with Crippen molar-refractivity contribution >= 4 is 121 Å². The lowest BCUT2D eigenvalue weighted by Gasteiger charge is -2.29. The lowest BCUT2D eigenvalue weighted by atomic mass is 9.84. The van der Waals surface area contributed by atoms with Gasteiger partial charge in [0, 0.05) is 60.5 Å². The molecule has 5 heteroatoms. The van der Waals surface area contributed by atoms with E-state index in [0.717, 1.165) is 61.7 Å². The second-order valence-corrected chi connectivity index (χ2v) is 23.7. The van der Waals surface area contributed by atoms with Crippen LogP contribution in [0.1, 0.15) is 79.0 Å². The Balaban J connectivity index is 1.21. The zero-order valence-corrected chi connectivity index (χ0v) is 43.7. The van der Waals surface area contributed by atoms with E-state index in [9.17, 15) is 0 Å². The van der Waals surface area contributed by atoms with E-state index in [1.807, 2.05) is 0 Å². The lowest BCUT2D eigenvalue weighted by Crippen LogP contribution is -2.15. The summed E-state index contributed by atoms with van der Waals surface area (Å²) >= 11 is 0. The van der Waals surface area contributed by atoms with Gasteiger partial charge in [-0.25, -0.2) is 4.98 Å². The van der Waals surface area contributed by atoms with Crippen molar-refractivity contribution in [2.24, 2.45) is 0 Å². The van der Waals surface area contributed by atoms with E-state index in [0.29, 0.717) is 0 Å². The molecule has 0 amide bonds. The zero-order chi connectivity index (χ0) is 50.6. The molecule has 0 radical (unpaired) electrons. The molecule has 0 unspecified atom stereocenters. The summed E-state index contributed by atoms with van der Waals surface area (Å²) in [5, 5.41) is 11.0. The molecular weight excluding hydrogens is 899 g/mol. The summed E-state index contributed by atoms with van der Waals surface area (Å²) in [6.45, 7) is 21.0. The maximum absolute atomic E-state index is 6.10. The number of fused-ring (bicyclic) bond motifs is 14. The number of hydrogen-bond acceptors (Lipinski definition) is 3. The molecule has 74 heavy (non-hydrogen) atoms. The standard InChI is InChI=1S/C69H59N5/c1-67(2,3)43-35-52-53-36-44(68(4,5)6)39-58(71(46-25-14-10-15-26-46)47-27-16-11-17-28-47)63(53)73-57-41-54-51-34-42-24-22-23-33-50(42)60-55-37-45(69(7,8)9)40-59(72(48-29-18-12-19-30-48)49-31-20-13-21-32-49)64(55)74(65(51)60)66(54)70-61(57)56(38-43)62(52)73/h10-41H,1-9H3. The molecule has 0 saturated heterocycles. The number of rotatable bonds is 6. The number of anilines is 6. The predicted molar refractivity (Wildman–Crippen MR) is 317 cm³/mol. The fraction of sp³-hybridized carbons (Fsp3) is 0.174. The Morgan fingerprint density at radius 2 is 0.743 bits per heavy atom. The van der Waals surface area contributed by atoms with Gasteiger partial charge in [0.25, 0.3) is 0 Å². The third-order valence-corrected chi connectivity index (χ3v) is 15.9. The molecule has 14 rings (SSSR count). The molecule has 0 bridgehead atoms. The van der Waals surface area contributed by atoms with Gasteiger partial charge in [0.15, 0.2) is 0 Å². The fourth-order valence-corrected chi connectivity index (χ4v) is 12.1. The summed E-state index contributed by atoms with van der Waals surface area (Å²) < 4.78 is 5.11. The Kier molecular flexibility index (Phi) is 9.31. The SMILES string of the molecule is CC(C)(C)c1cc(N(c2ccccc2)c2ccccc2)c2c(c1)c1cc(C(C)(C)C)cc3c4nc5c(cc4n2c13)c1cc2ccccc2c2c3cc(C(C)(C)C)cc(N(c4ccccc4)c4ccccc4)c3n5c12. The minimum atomic E-state index is -0.131. The molecule has 360 valence electrons. The number of aromatic nitrogens is 3. The summed E-state index contributed by atoms with van der Waals surface area (Å²) in [6, 6.07) is 72.2. The Labute approximate surface area is 432 Å². The van der Waals surface area contributed by atoms with Crippen molar-refractivity contribution in [3.05, 3.63) is 211 Å². The fourth-order valence-electron chi connectivity index (χ4n) is 12.1. The highest BCUT2D eigenvalue weighted by Crippen LogP contribution is 2.52. The first-order valence-corrected chi connectivity index (χ1v) is 26.2. The summed E-state index contributed by atoms with van der Waals surface area (Å²) in [7, 11) is 0. The molecule has 5 nitrogen and oxygen atoms in total. The molecule has 0 aliphatic carbocycles. The van der Waals surface area contributed by atoms with E-state index >= 15 is 0 Å². The van der Waals surface area contributed by atoms with Crippen LogP contribution in [0.2, 0.25) is 0 Å². The molecule has 0 aliphatic rings. The minimum absolute atomic E-state index is 0.119. The first-order chi connectivity index (χ1) is 35.6. The van der Waals surface area contributed by atoms with Crippen LogP contribution in [0.3, 0.4) is 0 Å². The van der Waals surface area contributed by atoms with Crippen molar-refractivity contribution < 1.29 is 0 Å². The molecular formula is C69H59N5. The average Bonchev–Trinajstić information content (AvgIpc) is 4.15. The van der Waals surface area contributed by atoms with E-state index in [1.165, 1.54) is 76.3 Å². The van der Waals surface area contributed by atoms with Crippen LogP contribution in [-0.2, 0) is 16.2 Å². The van der Waals surface area contributed by atoms with Gasteiger partial charge in [-0.2, -0.15) is 0 Å². The van der Waals surface area contributed by atoms with Gasteiger partial charge in [-0.15, -0.1) is 0 Å². The molecule has 5 aromatic heterocycles. The largest absolute Gasteiger partial charge is 0.308 e. The quantitative estimate of drug-likeness (QED) is 0.166. The van der Waals surface area contributed by atoms with Crippen LogP contribution in [0.4, 0.5) is 34.1 Å². The molecule has 14 aromatic rings. The first kappa shape index (κ1) is 44.3. The predicted octanol–water partition coefficient (Wildman–Crippen LogP) is 19.4. The van der Waals surface area contributed by atoms with E-state index in [4.69, 9.17) is 4.98 Å². The van der Waals surface area contributed by atoms with Crippen molar-refractivity contribution in [1.29, 1.82) is 0 Å². The minimum Gasteiger partial charge on any atom is -0.308 e. The smallest absolute Gasteiger partial charge is 0.146 e. The Morgan fingerprint density at radius 3 is 1.24 bits per heavy atom. The monoisotopic (exact) mass is 957 g/mol. The van der Waals surface area contributed by atoms with Crippen LogP contribution < -0.4 is 9.80 Å². The highest BCUT2D eigenvalue weighted by atomic mass is 15.2. The molecule has 0 saturated carbocycles. The summed E-state index contributed by atoms with van der Waals surface area (Å²) in [6.07, 6.45) is 0. The van der Waals surface area contributed by atoms with Crippen LogP contribution in [0, 0.1) is 0 Å². The van der Waals surface area contributed by atoms with Crippen LogP contribution in [-0.4, -0.2) is 13.8 Å². The molecule has 5 heterocycles. The first-order valence-electron chi connectivity index (χ1n) is 26.2.